The van der Waals surface area contributed by atoms with Gasteiger partial charge in [-0.2, -0.15) is 0 Å². The molecule has 106 valence electrons. The van der Waals surface area contributed by atoms with Crippen molar-refractivity contribution in [1.29, 1.82) is 0 Å². The Hall–Kier alpha value is -1.55. The first kappa shape index (κ1) is 15.5. The van der Waals surface area contributed by atoms with Crippen molar-refractivity contribution in [2.45, 2.75) is 26.2 Å². The number of para-hydroxylation sites is 1. The Morgan fingerprint density at radius 3 is 2.68 bits per heavy atom. The highest BCUT2D eigenvalue weighted by Crippen LogP contribution is 2.18. The lowest BCUT2D eigenvalue weighted by Gasteiger charge is -2.08. The van der Waals surface area contributed by atoms with Gasteiger partial charge in [0.2, 0.25) is 0 Å². The lowest BCUT2D eigenvalue weighted by molar-refractivity contribution is 0.0497. The molecule has 0 radical (unpaired) electrons. The topological polar surface area (TPSA) is 47.6 Å². The van der Waals surface area contributed by atoms with Crippen LogP contribution in [0.3, 0.4) is 0 Å². The highest BCUT2D eigenvalue weighted by atomic mass is 16.5. The minimum Gasteiger partial charge on any atom is -0.496 e. The van der Waals surface area contributed by atoms with Crippen LogP contribution in [-0.4, -0.2) is 32.8 Å². The number of rotatable bonds is 9. The molecular formula is C15H23NO3. The maximum Gasteiger partial charge on any atom is 0.341 e. The molecule has 0 heterocycles. The normalized spacial score (nSPS) is 10.2. The minimum atomic E-state index is -0.328. The molecule has 0 atom stereocenters. The fourth-order valence-electron chi connectivity index (χ4n) is 1.68. The van der Waals surface area contributed by atoms with Crippen molar-refractivity contribution in [1.82, 2.24) is 5.32 Å². The lowest BCUT2D eigenvalue weighted by Crippen LogP contribution is -2.19. The van der Waals surface area contributed by atoms with Crippen molar-refractivity contribution in [2.24, 2.45) is 0 Å². The standard InChI is InChI=1S/C15H23NO3/c1-3-4-10-16-11-7-12-19-15(17)13-8-5-6-9-14(13)18-2/h5-6,8-9,16H,3-4,7,10-12H2,1-2H3. The molecule has 1 rings (SSSR count). The molecule has 4 heteroatoms. The number of nitrogens with one attached hydrogen (secondary N) is 1. The number of methoxy groups -OCH3 is 1. The number of hydrogen-bond acceptors (Lipinski definition) is 4. The summed E-state index contributed by atoms with van der Waals surface area (Å²) in [5, 5.41) is 3.31. The fraction of sp³-hybridized carbons (Fsp3) is 0.533. The third-order valence-electron chi connectivity index (χ3n) is 2.77. The van der Waals surface area contributed by atoms with Gasteiger partial charge in [0.05, 0.1) is 13.7 Å². The third kappa shape index (κ3) is 5.75. The Morgan fingerprint density at radius 1 is 1.21 bits per heavy atom. The summed E-state index contributed by atoms with van der Waals surface area (Å²) in [6.07, 6.45) is 3.20. The molecule has 1 aromatic carbocycles. The summed E-state index contributed by atoms with van der Waals surface area (Å²) in [6.45, 7) is 4.49. The minimum absolute atomic E-state index is 0.328. The molecule has 4 nitrogen and oxygen atoms in total. The second-order valence-electron chi connectivity index (χ2n) is 4.29. The molecule has 0 aromatic heterocycles. The van der Waals surface area contributed by atoms with Crippen molar-refractivity contribution in [3.05, 3.63) is 29.8 Å². The first-order valence-corrected chi connectivity index (χ1v) is 6.80. The molecule has 0 saturated carbocycles. The predicted molar refractivity (Wildman–Crippen MR) is 75.7 cm³/mol. The van der Waals surface area contributed by atoms with Gasteiger partial charge in [-0.1, -0.05) is 25.5 Å². The largest absolute Gasteiger partial charge is 0.496 e. The quantitative estimate of drug-likeness (QED) is 0.551. The van der Waals surface area contributed by atoms with Crippen LogP contribution in [0.1, 0.15) is 36.5 Å². The number of esters is 1. The number of benzene rings is 1. The van der Waals surface area contributed by atoms with Crippen molar-refractivity contribution < 1.29 is 14.3 Å². The van der Waals surface area contributed by atoms with Crippen LogP contribution in [0.4, 0.5) is 0 Å². The maximum atomic E-state index is 11.8. The molecule has 0 amide bonds. The van der Waals surface area contributed by atoms with Crippen LogP contribution >= 0.6 is 0 Å². The number of ether oxygens (including phenoxy) is 2. The van der Waals surface area contributed by atoms with Gasteiger partial charge in [0, 0.05) is 0 Å². The first-order valence-electron chi connectivity index (χ1n) is 6.80. The van der Waals surface area contributed by atoms with E-state index in [0.29, 0.717) is 17.9 Å². The van der Waals surface area contributed by atoms with Crippen LogP contribution in [-0.2, 0) is 4.74 Å². The summed E-state index contributed by atoms with van der Waals surface area (Å²) >= 11 is 0. The molecule has 0 saturated heterocycles. The molecule has 0 aliphatic rings. The maximum absolute atomic E-state index is 11.8. The van der Waals surface area contributed by atoms with Crippen molar-refractivity contribution in [2.75, 3.05) is 26.8 Å². The van der Waals surface area contributed by atoms with E-state index >= 15 is 0 Å². The molecule has 0 bridgehead atoms. The van der Waals surface area contributed by atoms with Crippen LogP contribution < -0.4 is 10.1 Å². The number of hydrogen-bond donors (Lipinski definition) is 1. The van der Waals surface area contributed by atoms with Gasteiger partial charge < -0.3 is 14.8 Å². The van der Waals surface area contributed by atoms with Gasteiger partial charge in [-0.05, 0) is 38.1 Å². The molecule has 0 unspecified atom stereocenters. The zero-order chi connectivity index (χ0) is 13.9. The van der Waals surface area contributed by atoms with Crippen molar-refractivity contribution >= 4 is 5.97 Å². The Balaban J connectivity index is 2.24. The zero-order valence-corrected chi connectivity index (χ0v) is 11.8. The van der Waals surface area contributed by atoms with Crippen LogP contribution in [0.25, 0.3) is 0 Å². The van der Waals surface area contributed by atoms with E-state index in [2.05, 4.69) is 12.2 Å². The monoisotopic (exact) mass is 265 g/mol. The summed E-state index contributed by atoms with van der Waals surface area (Å²) in [5.74, 6) is 0.222. The smallest absolute Gasteiger partial charge is 0.341 e. The molecule has 0 spiro atoms. The van der Waals surface area contributed by atoms with Gasteiger partial charge in [0.25, 0.3) is 0 Å². The van der Waals surface area contributed by atoms with Crippen LogP contribution in [0, 0.1) is 0 Å². The van der Waals surface area contributed by atoms with E-state index in [1.807, 2.05) is 6.07 Å². The van der Waals surface area contributed by atoms with Crippen LogP contribution in [0.2, 0.25) is 0 Å². The van der Waals surface area contributed by atoms with E-state index in [4.69, 9.17) is 9.47 Å². The van der Waals surface area contributed by atoms with Gasteiger partial charge in [0.15, 0.2) is 0 Å². The average Bonchev–Trinajstić information content (AvgIpc) is 2.46. The van der Waals surface area contributed by atoms with Crippen molar-refractivity contribution in [3.8, 4) is 5.75 Å². The molecule has 0 fully saturated rings. The van der Waals surface area contributed by atoms with Crippen LogP contribution in [0.15, 0.2) is 24.3 Å². The van der Waals surface area contributed by atoms with E-state index in [1.54, 1.807) is 25.3 Å². The molecule has 1 aromatic rings. The summed E-state index contributed by atoms with van der Waals surface area (Å²) < 4.78 is 10.3. The van der Waals surface area contributed by atoms with Gasteiger partial charge in [-0.25, -0.2) is 4.79 Å². The Kier molecular flexibility index (Phi) is 7.66. The van der Waals surface area contributed by atoms with E-state index in [0.717, 1.165) is 19.5 Å². The Labute approximate surface area is 115 Å². The Morgan fingerprint density at radius 2 is 1.95 bits per heavy atom. The van der Waals surface area contributed by atoms with Crippen LogP contribution in [0.5, 0.6) is 5.75 Å². The third-order valence-corrected chi connectivity index (χ3v) is 2.77. The molecule has 0 aliphatic heterocycles. The van der Waals surface area contributed by atoms with Crippen molar-refractivity contribution in [3.63, 3.8) is 0 Å². The first-order chi connectivity index (χ1) is 9.29. The number of carbonyl (C=O) groups is 1. The highest BCUT2D eigenvalue weighted by molar-refractivity contribution is 5.92. The summed E-state index contributed by atoms with van der Waals surface area (Å²) in [7, 11) is 1.55. The summed E-state index contributed by atoms with van der Waals surface area (Å²) in [6, 6.07) is 7.09. The molecule has 0 aliphatic carbocycles. The van der Waals surface area contributed by atoms with E-state index in [9.17, 15) is 4.79 Å². The average molecular weight is 265 g/mol. The lowest BCUT2D eigenvalue weighted by atomic mass is 10.2. The molecule has 1 N–H and O–H groups in total. The fourth-order valence-corrected chi connectivity index (χ4v) is 1.68. The van der Waals surface area contributed by atoms with Gasteiger partial charge in [-0.3, -0.25) is 0 Å². The zero-order valence-electron chi connectivity index (χ0n) is 11.8. The predicted octanol–water partition coefficient (Wildman–Crippen LogP) is 2.63. The highest BCUT2D eigenvalue weighted by Gasteiger charge is 2.12. The van der Waals surface area contributed by atoms with E-state index in [1.165, 1.54) is 12.8 Å². The van der Waals surface area contributed by atoms with Gasteiger partial charge in [-0.15, -0.1) is 0 Å². The van der Waals surface area contributed by atoms with Gasteiger partial charge in [0.1, 0.15) is 11.3 Å². The molecule has 19 heavy (non-hydrogen) atoms. The van der Waals surface area contributed by atoms with Gasteiger partial charge >= 0.3 is 5.97 Å². The van der Waals surface area contributed by atoms with E-state index in [-0.39, 0.29) is 5.97 Å². The second kappa shape index (κ2) is 9.39. The second-order valence-corrected chi connectivity index (χ2v) is 4.29. The van der Waals surface area contributed by atoms with E-state index < -0.39 is 0 Å². The summed E-state index contributed by atoms with van der Waals surface area (Å²) in [5.41, 5.74) is 0.476. The summed E-state index contributed by atoms with van der Waals surface area (Å²) in [4.78, 5) is 11.8. The molecular weight excluding hydrogens is 242 g/mol. The Bertz CT molecular complexity index is 379. The SMILES string of the molecule is CCCCNCCCOC(=O)c1ccccc1OC. The number of carbonyl (C=O) groups excluding carboxylic acids is 1. The number of unbranched alkanes of at least 4 members (excludes halogenated alkanes) is 1.